The van der Waals surface area contributed by atoms with Crippen LogP contribution < -0.4 is 0 Å². The summed E-state index contributed by atoms with van der Waals surface area (Å²) in [5.41, 5.74) is 0.868. The lowest BCUT2D eigenvalue weighted by Gasteiger charge is -2.37. The third-order valence-corrected chi connectivity index (χ3v) is 6.36. The van der Waals surface area contributed by atoms with Gasteiger partial charge in [0.15, 0.2) is 0 Å². The van der Waals surface area contributed by atoms with Gasteiger partial charge >= 0.3 is 0 Å². The molecule has 6 rings (SSSR count). The molecule has 116 valence electrons. The van der Waals surface area contributed by atoms with Crippen LogP contribution in [0.15, 0.2) is 46.0 Å². The number of nitrogens with zero attached hydrogens (tertiary/aromatic N) is 2. The van der Waals surface area contributed by atoms with Crippen LogP contribution >= 0.6 is 15.9 Å². The van der Waals surface area contributed by atoms with E-state index >= 15 is 0 Å². The van der Waals surface area contributed by atoms with E-state index in [9.17, 15) is 9.59 Å². The Bertz CT molecular complexity index is 734. The fourth-order valence-electron chi connectivity index (χ4n) is 4.73. The second-order valence-electron chi connectivity index (χ2n) is 6.94. The second-order valence-corrected chi connectivity index (χ2v) is 7.85. The minimum atomic E-state index is -0.177. The average Bonchev–Trinajstić information content (AvgIpc) is 3.33. The summed E-state index contributed by atoms with van der Waals surface area (Å²) in [6.07, 6.45) is 7.12. The van der Waals surface area contributed by atoms with E-state index in [2.05, 4.69) is 33.2 Å². The molecule has 0 unspecified atom stereocenters. The minimum absolute atomic E-state index is 0.113. The van der Waals surface area contributed by atoms with E-state index in [0.717, 1.165) is 15.0 Å². The van der Waals surface area contributed by atoms with Gasteiger partial charge in [-0.15, -0.1) is 0 Å². The quantitative estimate of drug-likeness (QED) is 0.456. The molecule has 1 heterocycles. The summed E-state index contributed by atoms with van der Waals surface area (Å²) in [4.78, 5) is 25.5. The molecule has 1 aromatic rings. The Kier molecular flexibility index (Phi) is 2.75. The van der Waals surface area contributed by atoms with Gasteiger partial charge in [0.25, 0.3) is 11.8 Å². The first-order chi connectivity index (χ1) is 11.1. The maximum atomic E-state index is 12.7. The topological polar surface area (TPSA) is 49.7 Å². The molecule has 1 aromatic carbocycles. The number of benzene rings is 1. The molecular weight excluding hydrogens is 356 g/mol. The van der Waals surface area contributed by atoms with Gasteiger partial charge in [0.1, 0.15) is 0 Å². The standard InChI is InChI=1S/C18H15BrN2O2/c19-10-3-1-9(2-4-10)8-20-21-17(22)15-11-5-6-12(14-7-13(11)14)16(15)18(21)23/h1-6,8,11-16H,7H2/b20-8-/t11-,12-,13-,14+,15-,16-/m1/s1. The molecule has 2 bridgehead atoms. The Morgan fingerprint density at radius 1 is 1.00 bits per heavy atom. The predicted molar refractivity (Wildman–Crippen MR) is 88.3 cm³/mol. The molecule has 3 fully saturated rings. The highest BCUT2D eigenvalue weighted by Gasteiger charge is 2.67. The first-order valence-corrected chi connectivity index (χ1v) is 8.80. The van der Waals surface area contributed by atoms with Crippen LogP contribution in [-0.2, 0) is 9.59 Å². The van der Waals surface area contributed by atoms with Gasteiger partial charge < -0.3 is 0 Å². The molecule has 4 aliphatic carbocycles. The Morgan fingerprint density at radius 2 is 1.57 bits per heavy atom. The molecule has 23 heavy (non-hydrogen) atoms. The van der Waals surface area contributed by atoms with Crippen LogP contribution in [0.25, 0.3) is 0 Å². The maximum Gasteiger partial charge on any atom is 0.254 e. The maximum absolute atomic E-state index is 12.7. The van der Waals surface area contributed by atoms with Crippen LogP contribution in [0.4, 0.5) is 0 Å². The molecule has 5 aliphatic rings. The van der Waals surface area contributed by atoms with Gasteiger partial charge in [-0.3, -0.25) is 9.59 Å². The van der Waals surface area contributed by atoms with Crippen LogP contribution in [-0.4, -0.2) is 23.0 Å². The zero-order valence-corrected chi connectivity index (χ0v) is 13.9. The van der Waals surface area contributed by atoms with Crippen LogP contribution in [0.2, 0.25) is 0 Å². The van der Waals surface area contributed by atoms with Crippen LogP contribution in [0.1, 0.15) is 12.0 Å². The molecule has 0 radical (unpaired) electrons. The zero-order chi connectivity index (χ0) is 15.7. The summed E-state index contributed by atoms with van der Waals surface area (Å²) < 4.78 is 0.982. The number of carbonyl (C=O) groups is 2. The number of halogens is 1. The Morgan fingerprint density at radius 3 is 2.13 bits per heavy atom. The van der Waals surface area contributed by atoms with Crippen molar-refractivity contribution in [3.63, 3.8) is 0 Å². The number of rotatable bonds is 2. The van der Waals surface area contributed by atoms with Crippen molar-refractivity contribution >= 4 is 34.0 Å². The van der Waals surface area contributed by atoms with Crippen molar-refractivity contribution in [2.24, 2.45) is 40.6 Å². The highest BCUT2D eigenvalue weighted by molar-refractivity contribution is 9.10. The lowest BCUT2D eigenvalue weighted by Crippen LogP contribution is -2.40. The van der Waals surface area contributed by atoms with Gasteiger partial charge in [-0.05, 0) is 47.8 Å². The third kappa shape index (κ3) is 1.86. The highest BCUT2D eigenvalue weighted by atomic mass is 79.9. The minimum Gasteiger partial charge on any atom is -0.272 e. The molecular formula is C18H15BrN2O2. The van der Waals surface area contributed by atoms with Gasteiger partial charge in [0.2, 0.25) is 0 Å². The molecule has 0 N–H and O–H groups in total. The third-order valence-electron chi connectivity index (χ3n) is 5.83. The van der Waals surface area contributed by atoms with Crippen molar-refractivity contribution in [3.8, 4) is 0 Å². The molecule has 0 aromatic heterocycles. The largest absolute Gasteiger partial charge is 0.272 e. The van der Waals surface area contributed by atoms with E-state index in [1.807, 2.05) is 24.3 Å². The summed E-state index contributed by atoms with van der Waals surface area (Å²) in [5, 5.41) is 5.33. The summed E-state index contributed by atoms with van der Waals surface area (Å²) in [6.45, 7) is 0. The summed E-state index contributed by atoms with van der Waals surface area (Å²) in [5.74, 6) is 1.17. The summed E-state index contributed by atoms with van der Waals surface area (Å²) >= 11 is 3.38. The van der Waals surface area contributed by atoms with Crippen molar-refractivity contribution in [2.45, 2.75) is 6.42 Å². The van der Waals surface area contributed by atoms with Crippen LogP contribution in [0.3, 0.4) is 0 Å². The van der Waals surface area contributed by atoms with Gasteiger partial charge in [-0.2, -0.15) is 10.1 Å². The van der Waals surface area contributed by atoms with E-state index in [1.165, 1.54) is 6.42 Å². The van der Waals surface area contributed by atoms with E-state index in [-0.39, 0.29) is 35.5 Å². The normalized spacial score (nSPS) is 40.0. The second kappa shape index (κ2) is 4.63. The first kappa shape index (κ1) is 13.7. The van der Waals surface area contributed by atoms with Crippen molar-refractivity contribution in [1.29, 1.82) is 0 Å². The molecule has 4 nitrogen and oxygen atoms in total. The molecule has 1 saturated heterocycles. The Labute approximate surface area is 142 Å². The van der Waals surface area contributed by atoms with Crippen LogP contribution in [0, 0.1) is 35.5 Å². The number of allylic oxidation sites excluding steroid dienone is 2. The van der Waals surface area contributed by atoms with Crippen molar-refractivity contribution in [2.75, 3.05) is 0 Å². The van der Waals surface area contributed by atoms with Gasteiger partial charge in [0.05, 0.1) is 18.1 Å². The number of amides is 2. The fraction of sp³-hybridized carbons (Fsp3) is 0.389. The van der Waals surface area contributed by atoms with E-state index in [4.69, 9.17) is 0 Å². The van der Waals surface area contributed by atoms with E-state index in [1.54, 1.807) is 6.21 Å². The van der Waals surface area contributed by atoms with Crippen molar-refractivity contribution < 1.29 is 9.59 Å². The highest BCUT2D eigenvalue weighted by Crippen LogP contribution is 2.65. The summed E-state index contributed by atoms with van der Waals surface area (Å²) in [6, 6.07) is 7.61. The molecule has 0 spiro atoms. The lowest BCUT2D eigenvalue weighted by atomic mass is 9.63. The van der Waals surface area contributed by atoms with Gasteiger partial charge in [0, 0.05) is 4.47 Å². The molecule has 6 atom stereocenters. The molecule has 1 aliphatic heterocycles. The van der Waals surface area contributed by atoms with Gasteiger partial charge in [-0.1, -0.05) is 40.2 Å². The number of hydrazone groups is 1. The Hall–Kier alpha value is -1.75. The average molecular weight is 371 g/mol. The number of hydrogen-bond acceptors (Lipinski definition) is 3. The van der Waals surface area contributed by atoms with Crippen molar-refractivity contribution in [1.82, 2.24) is 5.01 Å². The predicted octanol–water partition coefficient (Wildman–Crippen LogP) is 2.84. The molecule has 2 amide bonds. The van der Waals surface area contributed by atoms with E-state index in [0.29, 0.717) is 11.8 Å². The smallest absolute Gasteiger partial charge is 0.254 e. The lowest BCUT2D eigenvalue weighted by molar-refractivity contribution is -0.140. The van der Waals surface area contributed by atoms with Gasteiger partial charge in [-0.25, -0.2) is 0 Å². The SMILES string of the molecule is O=C1[C@@H]2[C@@H]3C=C[C@H]([C@@H]4C[C@H]34)[C@H]2C(=O)N1/N=C\c1ccc(Br)cc1. The Balaban J connectivity index is 1.44. The first-order valence-electron chi connectivity index (χ1n) is 8.01. The fourth-order valence-corrected chi connectivity index (χ4v) is 4.99. The molecule has 5 heteroatoms. The number of carbonyl (C=O) groups excluding carboxylic acids is 2. The van der Waals surface area contributed by atoms with Crippen molar-refractivity contribution in [3.05, 3.63) is 46.5 Å². The number of hydrogen-bond donors (Lipinski definition) is 0. The monoisotopic (exact) mass is 370 g/mol. The summed E-state index contributed by atoms with van der Waals surface area (Å²) in [7, 11) is 0. The zero-order valence-electron chi connectivity index (χ0n) is 12.3. The number of imide groups is 1. The molecule has 2 saturated carbocycles. The van der Waals surface area contributed by atoms with E-state index < -0.39 is 0 Å². The van der Waals surface area contributed by atoms with Crippen LogP contribution in [0.5, 0.6) is 0 Å².